The van der Waals surface area contributed by atoms with Crippen LogP contribution in [0.1, 0.15) is 37.0 Å². The predicted octanol–water partition coefficient (Wildman–Crippen LogP) is 4.39. The molecule has 0 radical (unpaired) electrons. The molecule has 1 saturated heterocycles. The largest absolute Gasteiger partial charge is 0.379 e. The SMILES string of the molecule is Cc1cc(C)c2sc(N(CCCN3CCOCC3)C(=O)Cc3ccc(S(=O)(=O)C(C)C)cc3)nc2c1. The maximum Gasteiger partial charge on any atom is 0.233 e. The van der Waals surface area contributed by atoms with Crippen LogP contribution in [0.3, 0.4) is 0 Å². The third-order valence-electron chi connectivity index (χ3n) is 6.53. The maximum atomic E-state index is 13.6. The topological polar surface area (TPSA) is 79.8 Å². The van der Waals surface area contributed by atoms with Gasteiger partial charge in [-0.2, -0.15) is 0 Å². The lowest BCUT2D eigenvalue weighted by atomic mass is 10.1. The normalized spacial score (nSPS) is 15.0. The van der Waals surface area contributed by atoms with Crippen LogP contribution >= 0.6 is 11.3 Å². The zero-order valence-corrected chi connectivity index (χ0v) is 23.1. The molecule has 0 unspecified atom stereocenters. The van der Waals surface area contributed by atoms with Crippen molar-refractivity contribution in [3.63, 3.8) is 0 Å². The first-order chi connectivity index (χ1) is 17.1. The van der Waals surface area contributed by atoms with E-state index in [-0.39, 0.29) is 17.2 Å². The highest BCUT2D eigenvalue weighted by molar-refractivity contribution is 7.92. The fourth-order valence-electron chi connectivity index (χ4n) is 4.42. The van der Waals surface area contributed by atoms with Crippen LogP contribution in [-0.2, 0) is 25.8 Å². The van der Waals surface area contributed by atoms with Gasteiger partial charge in [-0.1, -0.05) is 29.5 Å². The van der Waals surface area contributed by atoms with Gasteiger partial charge in [-0.3, -0.25) is 14.6 Å². The Morgan fingerprint density at radius 3 is 2.50 bits per heavy atom. The van der Waals surface area contributed by atoms with E-state index in [1.165, 1.54) is 0 Å². The number of rotatable bonds is 9. The van der Waals surface area contributed by atoms with Crippen molar-refractivity contribution in [2.75, 3.05) is 44.3 Å². The lowest BCUT2D eigenvalue weighted by Gasteiger charge is -2.27. The van der Waals surface area contributed by atoms with Crippen molar-refractivity contribution in [1.29, 1.82) is 0 Å². The molecule has 2 heterocycles. The number of carbonyl (C=O) groups excluding carboxylic acids is 1. The number of amides is 1. The summed E-state index contributed by atoms with van der Waals surface area (Å²) in [6, 6.07) is 10.9. The number of ether oxygens (including phenoxy) is 1. The lowest BCUT2D eigenvalue weighted by molar-refractivity contribution is -0.118. The minimum atomic E-state index is -3.34. The second-order valence-electron chi connectivity index (χ2n) is 9.69. The molecule has 194 valence electrons. The first-order valence-electron chi connectivity index (χ1n) is 12.5. The van der Waals surface area contributed by atoms with Crippen LogP contribution in [0.15, 0.2) is 41.3 Å². The number of hydrogen-bond donors (Lipinski definition) is 0. The third-order valence-corrected chi connectivity index (χ3v) is 9.93. The highest BCUT2D eigenvalue weighted by Crippen LogP contribution is 2.32. The molecule has 9 heteroatoms. The van der Waals surface area contributed by atoms with Gasteiger partial charge in [0.05, 0.1) is 40.0 Å². The van der Waals surface area contributed by atoms with Crippen molar-refractivity contribution < 1.29 is 17.9 Å². The quantitative estimate of drug-likeness (QED) is 0.409. The van der Waals surface area contributed by atoms with Crippen LogP contribution in [-0.4, -0.2) is 68.9 Å². The fraction of sp³-hybridized carbons (Fsp3) is 0.481. The molecule has 0 saturated carbocycles. The van der Waals surface area contributed by atoms with E-state index in [0.717, 1.165) is 66.2 Å². The number of thiazole rings is 1. The Morgan fingerprint density at radius 2 is 1.83 bits per heavy atom. The van der Waals surface area contributed by atoms with E-state index >= 15 is 0 Å². The van der Waals surface area contributed by atoms with Gasteiger partial charge in [-0.05, 0) is 69.0 Å². The van der Waals surface area contributed by atoms with Crippen LogP contribution in [0.25, 0.3) is 10.2 Å². The van der Waals surface area contributed by atoms with E-state index in [1.807, 2.05) is 0 Å². The second-order valence-corrected chi connectivity index (χ2v) is 13.2. The van der Waals surface area contributed by atoms with Crippen LogP contribution < -0.4 is 4.90 Å². The molecule has 0 N–H and O–H groups in total. The monoisotopic (exact) mass is 529 g/mol. The average Bonchev–Trinajstić information content (AvgIpc) is 3.26. The van der Waals surface area contributed by atoms with E-state index in [4.69, 9.17) is 9.72 Å². The molecule has 3 aromatic rings. The van der Waals surface area contributed by atoms with Gasteiger partial charge >= 0.3 is 0 Å². The van der Waals surface area contributed by atoms with E-state index in [2.05, 4.69) is 30.9 Å². The third kappa shape index (κ3) is 6.14. The Kier molecular flexibility index (Phi) is 8.44. The predicted molar refractivity (Wildman–Crippen MR) is 146 cm³/mol. The molecule has 4 rings (SSSR count). The van der Waals surface area contributed by atoms with Gasteiger partial charge in [-0.25, -0.2) is 13.4 Å². The maximum absolute atomic E-state index is 13.6. The van der Waals surface area contributed by atoms with Crippen molar-refractivity contribution in [2.45, 2.75) is 50.7 Å². The molecule has 0 aliphatic carbocycles. The number of sulfone groups is 1. The Hall–Kier alpha value is -2.33. The lowest BCUT2D eigenvalue weighted by Crippen LogP contribution is -2.39. The number of carbonyl (C=O) groups is 1. The van der Waals surface area contributed by atoms with Crippen molar-refractivity contribution in [3.05, 3.63) is 53.1 Å². The summed E-state index contributed by atoms with van der Waals surface area (Å²) in [5.74, 6) is -0.0372. The zero-order chi connectivity index (χ0) is 25.9. The second kappa shape index (κ2) is 11.4. The zero-order valence-electron chi connectivity index (χ0n) is 21.5. The standard InChI is InChI=1S/C27H35N3O4S2/c1-19(2)36(32,33)23-8-6-22(7-9-23)18-25(31)30(11-5-10-29-12-14-34-15-13-29)27-28-24-17-20(3)16-21(4)26(24)35-27/h6-9,16-17,19H,5,10-15,18H2,1-4H3. The molecule has 1 fully saturated rings. The van der Waals surface area contributed by atoms with Crippen LogP contribution in [0.5, 0.6) is 0 Å². The molecule has 1 aliphatic rings. The number of fused-ring (bicyclic) bond motifs is 1. The summed E-state index contributed by atoms with van der Waals surface area (Å²) in [6.07, 6.45) is 1.03. The van der Waals surface area contributed by atoms with Gasteiger partial charge in [0.2, 0.25) is 5.91 Å². The van der Waals surface area contributed by atoms with Crippen LogP contribution in [0.2, 0.25) is 0 Å². The highest BCUT2D eigenvalue weighted by atomic mass is 32.2. The van der Waals surface area contributed by atoms with E-state index < -0.39 is 15.1 Å². The smallest absolute Gasteiger partial charge is 0.233 e. The van der Waals surface area contributed by atoms with Crippen molar-refractivity contribution >= 4 is 42.4 Å². The van der Waals surface area contributed by atoms with Gasteiger partial charge in [0.1, 0.15) is 0 Å². The molecule has 7 nitrogen and oxygen atoms in total. The Balaban J connectivity index is 1.54. The van der Waals surface area contributed by atoms with Crippen molar-refractivity contribution in [1.82, 2.24) is 9.88 Å². The Bertz CT molecular complexity index is 1310. The molecular weight excluding hydrogens is 494 g/mol. The Morgan fingerprint density at radius 1 is 1.14 bits per heavy atom. The van der Waals surface area contributed by atoms with E-state index in [1.54, 1.807) is 54.3 Å². The number of hydrogen-bond acceptors (Lipinski definition) is 7. The molecule has 1 amide bonds. The van der Waals surface area contributed by atoms with Crippen LogP contribution in [0.4, 0.5) is 5.13 Å². The summed E-state index contributed by atoms with van der Waals surface area (Å²) in [4.78, 5) is 22.9. The van der Waals surface area contributed by atoms with Crippen LogP contribution in [0, 0.1) is 13.8 Å². The van der Waals surface area contributed by atoms with Gasteiger partial charge in [-0.15, -0.1) is 0 Å². The summed E-state index contributed by atoms with van der Waals surface area (Å²) < 4.78 is 31.4. The van der Waals surface area contributed by atoms with Gasteiger partial charge in [0.25, 0.3) is 0 Å². The summed E-state index contributed by atoms with van der Waals surface area (Å²) in [5, 5.41) is 0.225. The first kappa shape index (κ1) is 26.7. The molecule has 1 aliphatic heterocycles. The molecule has 0 atom stereocenters. The summed E-state index contributed by atoms with van der Waals surface area (Å²) in [7, 11) is -3.34. The number of anilines is 1. The molecule has 0 bridgehead atoms. The number of nitrogens with zero attached hydrogens (tertiary/aromatic N) is 3. The number of aryl methyl sites for hydroxylation is 2. The van der Waals surface area contributed by atoms with Crippen molar-refractivity contribution in [2.24, 2.45) is 0 Å². The van der Waals surface area contributed by atoms with Gasteiger partial charge < -0.3 is 4.74 Å². The molecular formula is C27H35N3O4S2. The summed E-state index contributed by atoms with van der Waals surface area (Å²) in [5.41, 5.74) is 4.02. The number of aromatic nitrogens is 1. The minimum absolute atomic E-state index is 0.0372. The van der Waals surface area contributed by atoms with Gasteiger partial charge in [0.15, 0.2) is 15.0 Å². The Labute approximate surface area is 218 Å². The first-order valence-corrected chi connectivity index (χ1v) is 14.8. The highest BCUT2D eigenvalue weighted by Gasteiger charge is 2.23. The van der Waals surface area contributed by atoms with E-state index in [0.29, 0.717) is 11.7 Å². The molecule has 2 aromatic carbocycles. The average molecular weight is 530 g/mol. The van der Waals surface area contributed by atoms with Gasteiger partial charge in [0, 0.05) is 26.2 Å². The fourth-order valence-corrected chi connectivity index (χ4v) is 6.54. The number of benzene rings is 2. The van der Waals surface area contributed by atoms with Crippen molar-refractivity contribution in [3.8, 4) is 0 Å². The molecule has 1 aromatic heterocycles. The molecule has 0 spiro atoms. The van der Waals surface area contributed by atoms with E-state index in [9.17, 15) is 13.2 Å². The summed E-state index contributed by atoms with van der Waals surface area (Å²) >= 11 is 1.56. The minimum Gasteiger partial charge on any atom is -0.379 e. The number of morpholine rings is 1. The summed E-state index contributed by atoms with van der Waals surface area (Å²) in [6.45, 7) is 12.3. The molecule has 36 heavy (non-hydrogen) atoms.